The van der Waals surface area contributed by atoms with Crippen LogP contribution in [0.1, 0.15) is 23.0 Å². The SMILES string of the molecule is CCn1ncc(Cl)c1C(=O)c1ccccc1F. The van der Waals surface area contributed by atoms with Gasteiger partial charge in [0, 0.05) is 6.54 Å². The number of carbonyl (C=O) groups is 1. The minimum Gasteiger partial charge on any atom is -0.287 e. The Bertz CT molecular complexity index is 565. The lowest BCUT2D eigenvalue weighted by molar-refractivity contribution is 0.102. The highest BCUT2D eigenvalue weighted by Gasteiger charge is 2.20. The zero-order valence-corrected chi connectivity index (χ0v) is 9.91. The van der Waals surface area contributed by atoms with Crippen LogP contribution in [0.25, 0.3) is 0 Å². The number of ketones is 1. The predicted octanol–water partition coefficient (Wildman–Crippen LogP) is 2.93. The Morgan fingerprint density at radius 1 is 1.47 bits per heavy atom. The van der Waals surface area contributed by atoms with Crippen molar-refractivity contribution in [2.45, 2.75) is 13.5 Å². The van der Waals surface area contributed by atoms with E-state index in [-0.39, 0.29) is 16.3 Å². The van der Waals surface area contributed by atoms with E-state index < -0.39 is 11.6 Å². The van der Waals surface area contributed by atoms with E-state index in [0.29, 0.717) is 6.54 Å². The van der Waals surface area contributed by atoms with Gasteiger partial charge in [0.05, 0.1) is 16.8 Å². The minimum atomic E-state index is -0.558. The highest BCUT2D eigenvalue weighted by atomic mass is 35.5. The Morgan fingerprint density at radius 2 is 2.18 bits per heavy atom. The van der Waals surface area contributed by atoms with E-state index in [1.807, 2.05) is 6.92 Å². The molecule has 0 radical (unpaired) electrons. The highest BCUT2D eigenvalue weighted by Crippen LogP contribution is 2.20. The molecule has 0 spiro atoms. The van der Waals surface area contributed by atoms with Crippen molar-refractivity contribution in [3.05, 3.63) is 52.6 Å². The fourth-order valence-corrected chi connectivity index (χ4v) is 1.83. The summed E-state index contributed by atoms with van der Waals surface area (Å²) >= 11 is 5.89. The number of benzene rings is 1. The summed E-state index contributed by atoms with van der Waals surface area (Å²) in [6.45, 7) is 2.34. The average Bonchev–Trinajstić information content (AvgIpc) is 2.70. The summed E-state index contributed by atoms with van der Waals surface area (Å²) in [5.74, 6) is -1.01. The van der Waals surface area contributed by atoms with E-state index in [1.165, 1.54) is 29.1 Å². The lowest BCUT2D eigenvalue weighted by atomic mass is 10.1. The second kappa shape index (κ2) is 4.67. The first-order chi connectivity index (χ1) is 8.15. The van der Waals surface area contributed by atoms with Gasteiger partial charge in [0.1, 0.15) is 11.5 Å². The summed E-state index contributed by atoms with van der Waals surface area (Å²) in [5, 5.41) is 4.19. The number of rotatable bonds is 3. The van der Waals surface area contributed by atoms with Crippen LogP contribution in [0.5, 0.6) is 0 Å². The number of carbonyl (C=O) groups excluding carboxylic acids is 1. The molecule has 2 aromatic rings. The quantitative estimate of drug-likeness (QED) is 0.788. The normalized spacial score (nSPS) is 10.5. The topological polar surface area (TPSA) is 34.9 Å². The highest BCUT2D eigenvalue weighted by molar-refractivity contribution is 6.34. The third-order valence-electron chi connectivity index (χ3n) is 2.43. The molecular weight excluding hydrogens is 243 g/mol. The van der Waals surface area contributed by atoms with Crippen molar-refractivity contribution < 1.29 is 9.18 Å². The standard InChI is InChI=1S/C12H10ClFN2O/c1-2-16-11(9(13)7-15-16)12(17)8-5-3-4-6-10(8)14/h3-7H,2H2,1H3. The minimum absolute atomic E-state index is 0.00426. The lowest BCUT2D eigenvalue weighted by Gasteiger charge is -2.05. The number of aromatic nitrogens is 2. The molecule has 17 heavy (non-hydrogen) atoms. The molecule has 3 nitrogen and oxygen atoms in total. The van der Waals surface area contributed by atoms with E-state index in [1.54, 1.807) is 6.07 Å². The summed E-state index contributed by atoms with van der Waals surface area (Å²) in [4.78, 5) is 12.1. The Morgan fingerprint density at radius 3 is 2.82 bits per heavy atom. The molecule has 0 atom stereocenters. The van der Waals surface area contributed by atoms with E-state index in [9.17, 15) is 9.18 Å². The van der Waals surface area contributed by atoms with Crippen LogP contribution in [0.4, 0.5) is 4.39 Å². The first-order valence-corrected chi connectivity index (χ1v) is 5.53. The Labute approximate surface area is 103 Å². The van der Waals surface area contributed by atoms with Gasteiger partial charge in [-0.25, -0.2) is 4.39 Å². The van der Waals surface area contributed by atoms with E-state index in [0.717, 1.165) is 0 Å². The van der Waals surface area contributed by atoms with Crippen molar-refractivity contribution >= 4 is 17.4 Å². The molecule has 0 saturated heterocycles. The van der Waals surface area contributed by atoms with Crippen molar-refractivity contribution in [3.63, 3.8) is 0 Å². The van der Waals surface area contributed by atoms with Crippen molar-refractivity contribution in [2.24, 2.45) is 0 Å². The number of hydrogen-bond donors (Lipinski definition) is 0. The summed E-state index contributed by atoms with van der Waals surface area (Å²) < 4.78 is 15.0. The van der Waals surface area contributed by atoms with Crippen molar-refractivity contribution in [1.29, 1.82) is 0 Å². The Balaban J connectivity index is 2.51. The van der Waals surface area contributed by atoms with Gasteiger partial charge in [-0.3, -0.25) is 9.48 Å². The van der Waals surface area contributed by atoms with E-state index in [2.05, 4.69) is 5.10 Å². The number of aryl methyl sites for hydroxylation is 1. The first kappa shape index (κ1) is 11.8. The maximum absolute atomic E-state index is 13.5. The van der Waals surface area contributed by atoms with Crippen LogP contribution in [0.2, 0.25) is 5.02 Å². The van der Waals surface area contributed by atoms with E-state index >= 15 is 0 Å². The maximum Gasteiger partial charge on any atom is 0.215 e. The van der Waals surface area contributed by atoms with Crippen LogP contribution in [0, 0.1) is 5.82 Å². The fraction of sp³-hybridized carbons (Fsp3) is 0.167. The third kappa shape index (κ3) is 2.08. The molecule has 0 bridgehead atoms. The second-order valence-electron chi connectivity index (χ2n) is 3.47. The summed E-state index contributed by atoms with van der Waals surface area (Å²) in [6.07, 6.45) is 1.39. The van der Waals surface area contributed by atoms with Gasteiger partial charge in [-0.1, -0.05) is 23.7 Å². The molecular formula is C12H10ClFN2O. The summed E-state index contributed by atoms with van der Waals surface area (Å²) in [7, 11) is 0. The zero-order chi connectivity index (χ0) is 12.4. The monoisotopic (exact) mass is 252 g/mol. The van der Waals surface area contributed by atoms with Crippen LogP contribution < -0.4 is 0 Å². The zero-order valence-electron chi connectivity index (χ0n) is 9.15. The predicted molar refractivity (Wildman–Crippen MR) is 62.7 cm³/mol. The van der Waals surface area contributed by atoms with Crippen molar-refractivity contribution in [3.8, 4) is 0 Å². The van der Waals surface area contributed by atoms with Crippen LogP contribution >= 0.6 is 11.6 Å². The summed E-state index contributed by atoms with van der Waals surface area (Å²) in [5.41, 5.74) is 0.226. The number of halogens is 2. The van der Waals surface area contributed by atoms with E-state index in [4.69, 9.17) is 11.6 Å². The van der Waals surface area contributed by atoms with Gasteiger partial charge in [-0.05, 0) is 19.1 Å². The smallest absolute Gasteiger partial charge is 0.215 e. The number of hydrogen-bond acceptors (Lipinski definition) is 2. The number of nitrogens with zero attached hydrogens (tertiary/aromatic N) is 2. The van der Waals surface area contributed by atoms with Crippen LogP contribution in [-0.4, -0.2) is 15.6 Å². The summed E-state index contributed by atoms with van der Waals surface area (Å²) in [6, 6.07) is 5.82. The van der Waals surface area contributed by atoms with Gasteiger partial charge < -0.3 is 0 Å². The van der Waals surface area contributed by atoms with Crippen molar-refractivity contribution in [2.75, 3.05) is 0 Å². The van der Waals surface area contributed by atoms with Gasteiger partial charge >= 0.3 is 0 Å². The lowest BCUT2D eigenvalue weighted by Crippen LogP contribution is -2.12. The molecule has 0 aliphatic carbocycles. The van der Waals surface area contributed by atoms with Crippen LogP contribution in [0.15, 0.2) is 30.5 Å². The fourth-order valence-electron chi connectivity index (χ4n) is 1.60. The molecule has 1 heterocycles. The maximum atomic E-state index is 13.5. The van der Waals surface area contributed by atoms with Gasteiger partial charge in [0.15, 0.2) is 0 Å². The molecule has 1 aromatic heterocycles. The van der Waals surface area contributed by atoms with Crippen LogP contribution in [-0.2, 0) is 6.54 Å². The third-order valence-corrected chi connectivity index (χ3v) is 2.70. The molecule has 0 aliphatic heterocycles. The molecule has 88 valence electrons. The Kier molecular flexibility index (Phi) is 3.24. The Hall–Kier alpha value is -1.68. The molecule has 0 fully saturated rings. The molecule has 0 aliphatic rings. The molecule has 1 aromatic carbocycles. The molecule has 0 N–H and O–H groups in total. The van der Waals surface area contributed by atoms with Gasteiger partial charge in [-0.2, -0.15) is 5.10 Å². The largest absolute Gasteiger partial charge is 0.287 e. The second-order valence-corrected chi connectivity index (χ2v) is 3.87. The molecule has 2 rings (SSSR count). The molecule has 0 unspecified atom stereocenters. The first-order valence-electron chi connectivity index (χ1n) is 5.15. The van der Waals surface area contributed by atoms with Crippen LogP contribution in [0.3, 0.4) is 0 Å². The average molecular weight is 253 g/mol. The molecule has 0 amide bonds. The molecule has 0 saturated carbocycles. The van der Waals surface area contributed by atoms with Gasteiger partial charge in [0.2, 0.25) is 5.78 Å². The van der Waals surface area contributed by atoms with Gasteiger partial charge in [0.25, 0.3) is 0 Å². The van der Waals surface area contributed by atoms with Crippen molar-refractivity contribution in [1.82, 2.24) is 9.78 Å². The van der Waals surface area contributed by atoms with Gasteiger partial charge in [-0.15, -0.1) is 0 Å². The molecule has 5 heteroatoms.